The number of carboxylic acid groups (broad SMARTS) is 1. The molecule has 0 aliphatic rings. The number of hydrogen-bond acceptors (Lipinski definition) is 3. The summed E-state index contributed by atoms with van der Waals surface area (Å²) < 4.78 is 39.0. The van der Waals surface area contributed by atoms with Crippen molar-refractivity contribution in [3.63, 3.8) is 0 Å². The number of fused-ring (bicyclic) bond motifs is 1. The van der Waals surface area contributed by atoms with Crippen LogP contribution in [0.1, 0.15) is 28.8 Å². The second kappa shape index (κ2) is 3.97. The standard InChI is InChI=1S/C10H8F3N3O2/c1-2-5-3-8-14-6(9(17)18)4-7(10(11,12)13)16(8)15-5/h3-4H,2H2,1H3,(H,17,18). The predicted octanol–water partition coefficient (Wildman–Crippen LogP) is 2.01. The fourth-order valence-electron chi connectivity index (χ4n) is 1.51. The van der Waals surface area contributed by atoms with E-state index in [4.69, 9.17) is 5.11 Å². The van der Waals surface area contributed by atoms with Crippen LogP contribution < -0.4 is 0 Å². The molecule has 2 aromatic rings. The molecule has 0 saturated carbocycles. The van der Waals surface area contributed by atoms with Gasteiger partial charge in [0.2, 0.25) is 0 Å². The van der Waals surface area contributed by atoms with Crippen molar-refractivity contribution in [2.45, 2.75) is 19.5 Å². The molecule has 2 rings (SSSR count). The first-order valence-corrected chi connectivity index (χ1v) is 5.03. The summed E-state index contributed by atoms with van der Waals surface area (Å²) in [6.07, 6.45) is -4.26. The van der Waals surface area contributed by atoms with E-state index in [1.54, 1.807) is 6.92 Å². The largest absolute Gasteiger partial charge is 0.477 e. The number of halogens is 3. The molecular formula is C10H8F3N3O2. The maximum absolute atomic E-state index is 12.8. The first-order chi connectivity index (χ1) is 8.32. The predicted molar refractivity (Wildman–Crippen MR) is 54.3 cm³/mol. The van der Waals surface area contributed by atoms with Crippen molar-refractivity contribution in [3.8, 4) is 0 Å². The molecule has 0 amide bonds. The average molecular weight is 259 g/mol. The molecule has 18 heavy (non-hydrogen) atoms. The smallest absolute Gasteiger partial charge is 0.433 e. The number of aromatic nitrogens is 3. The number of carboxylic acids is 1. The maximum atomic E-state index is 12.8. The van der Waals surface area contributed by atoms with Gasteiger partial charge in [-0.2, -0.15) is 18.3 Å². The van der Waals surface area contributed by atoms with Gasteiger partial charge in [0.15, 0.2) is 17.0 Å². The molecule has 0 unspecified atom stereocenters. The highest BCUT2D eigenvalue weighted by atomic mass is 19.4. The molecule has 5 nitrogen and oxygen atoms in total. The van der Waals surface area contributed by atoms with Crippen molar-refractivity contribution in [2.75, 3.05) is 0 Å². The molecule has 0 spiro atoms. The first kappa shape index (κ1) is 12.3. The summed E-state index contributed by atoms with van der Waals surface area (Å²) in [5.41, 5.74) is -1.52. The summed E-state index contributed by atoms with van der Waals surface area (Å²) in [6.45, 7) is 1.73. The van der Waals surface area contributed by atoms with Gasteiger partial charge >= 0.3 is 12.1 Å². The van der Waals surface area contributed by atoms with Crippen molar-refractivity contribution in [2.24, 2.45) is 0 Å². The van der Waals surface area contributed by atoms with Crippen molar-refractivity contribution in [3.05, 3.63) is 29.2 Å². The summed E-state index contributed by atoms with van der Waals surface area (Å²) in [6, 6.07) is 1.81. The molecule has 2 heterocycles. The zero-order valence-electron chi connectivity index (χ0n) is 9.19. The topological polar surface area (TPSA) is 67.5 Å². The summed E-state index contributed by atoms with van der Waals surface area (Å²) in [5.74, 6) is -1.51. The lowest BCUT2D eigenvalue weighted by atomic mass is 10.3. The van der Waals surface area contributed by atoms with Crippen LogP contribution in [-0.4, -0.2) is 25.7 Å². The Morgan fingerprint density at radius 2 is 2.11 bits per heavy atom. The fraction of sp³-hybridized carbons (Fsp3) is 0.300. The average Bonchev–Trinajstić information content (AvgIpc) is 2.68. The lowest BCUT2D eigenvalue weighted by Gasteiger charge is -2.09. The van der Waals surface area contributed by atoms with Crippen molar-refractivity contribution < 1.29 is 23.1 Å². The Morgan fingerprint density at radius 1 is 1.44 bits per heavy atom. The van der Waals surface area contributed by atoms with E-state index < -0.39 is 23.5 Å². The molecule has 0 radical (unpaired) electrons. The zero-order chi connectivity index (χ0) is 13.5. The first-order valence-electron chi connectivity index (χ1n) is 5.03. The van der Waals surface area contributed by atoms with Gasteiger partial charge in [0.25, 0.3) is 0 Å². The van der Waals surface area contributed by atoms with E-state index in [0.717, 1.165) is 0 Å². The third-order valence-corrected chi connectivity index (χ3v) is 2.35. The summed E-state index contributed by atoms with van der Waals surface area (Å²) in [5, 5.41) is 12.5. The molecule has 1 N–H and O–H groups in total. The van der Waals surface area contributed by atoms with Gasteiger partial charge in [-0.05, 0) is 6.42 Å². The van der Waals surface area contributed by atoms with E-state index in [1.165, 1.54) is 6.07 Å². The molecule has 0 aliphatic carbocycles. The molecule has 0 bridgehead atoms. The normalized spacial score (nSPS) is 12.0. The van der Waals surface area contributed by atoms with E-state index in [-0.39, 0.29) is 5.65 Å². The minimum absolute atomic E-state index is 0.126. The van der Waals surface area contributed by atoms with Gasteiger partial charge in [0.05, 0.1) is 5.69 Å². The fourth-order valence-corrected chi connectivity index (χ4v) is 1.51. The number of hydrogen-bond donors (Lipinski definition) is 1. The highest BCUT2D eigenvalue weighted by Gasteiger charge is 2.35. The van der Waals surface area contributed by atoms with E-state index in [2.05, 4.69) is 10.1 Å². The highest BCUT2D eigenvalue weighted by molar-refractivity contribution is 5.86. The van der Waals surface area contributed by atoms with Gasteiger partial charge in [-0.15, -0.1) is 0 Å². The summed E-state index contributed by atoms with van der Waals surface area (Å²) in [4.78, 5) is 14.4. The van der Waals surface area contributed by atoms with Crippen molar-refractivity contribution in [1.82, 2.24) is 14.6 Å². The van der Waals surface area contributed by atoms with Crippen LogP contribution in [0.15, 0.2) is 12.1 Å². The minimum Gasteiger partial charge on any atom is -0.477 e. The van der Waals surface area contributed by atoms with Crippen LogP contribution >= 0.6 is 0 Å². The van der Waals surface area contributed by atoms with Crippen LogP contribution in [0.5, 0.6) is 0 Å². The third kappa shape index (κ3) is 2.01. The monoisotopic (exact) mass is 259 g/mol. The lowest BCUT2D eigenvalue weighted by Crippen LogP contribution is -2.16. The Kier molecular flexibility index (Phi) is 2.72. The number of aromatic carboxylic acids is 1. The molecule has 8 heteroatoms. The van der Waals surface area contributed by atoms with Crippen molar-refractivity contribution >= 4 is 11.6 Å². The quantitative estimate of drug-likeness (QED) is 0.895. The van der Waals surface area contributed by atoms with Crippen molar-refractivity contribution in [1.29, 1.82) is 0 Å². The lowest BCUT2D eigenvalue weighted by molar-refractivity contribution is -0.142. The summed E-state index contributed by atoms with van der Waals surface area (Å²) in [7, 11) is 0. The Morgan fingerprint density at radius 3 is 2.61 bits per heavy atom. The second-order valence-corrected chi connectivity index (χ2v) is 3.59. The summed E-state index contributed by atoms with van der Waals surface area (Å²) >= 11 is 0. The number of carbonyl (C=O) groups is 1. The van der Waals surface area contributed by atoms with Crippen LogP contribution in [0.25, 0.3) is 5.65 Å². The SMILES string of the molecule is CCc1cc2nc(C(=O)O)cc(C(F)(F)F)n2n1. The van der Waals surface area contributed by atoms with Crippen LogP contribution in [0.3, 0.4) is 0 Å². The van der Waals surface area contributed by atoms with Gasteiger partial charge in [0.1, 0.15) is 0 Å². The Bertz CT molecular complexity index is 619. The second-order valence-electron chi connectivity index (χ2n) is 3.59. The third-order valence-electron chi connectivity index (χ3n) is 2.35. The van der Waals surface area contributed by atoms with E-state index in [1.807, 2.05) is 0 Å². The number of aryl methyl sites for hydroxylation is 1. The number of alkyl halides is 3. The molecule has 96 valence electrons. The van der Waals surface area contributed by atoms with Crippen LogP contribution in [-0.2, 0) is 12.6 Å². The number of nitrogens with zero attached hydrogens (tertiary/aromatic N) is 3. The van der Waals surface area contributed by atoms with Crippen LogP contribution in [0.4, 0.5) is 13.2 Å². The van der Waals surface area contributed by atoms with Gasteiger partial charge in [-0.25, -0.2) is 14.3 Å². The minimum atomic E-state index is -4.69. The zero-order valence-corrected chi connectivity index (χ0v) is 9.19. The maximum Gasteiger partial charge on any atom is 0.433 e. The van der Waals surface area contributed by atoms with Crippen LogP contribution in [0.2, 0.25) is 0 Å². The van der Waals surface area contributed by atoms with Gasteiger partial charge < -0.3 is 5.11 Å². The van der Waals surface area contributed by atoms with E-state index >= 15 is 0 Å². The highest BCUT2D eigenvalue weighted by Crippen LogP contribution is 2.30. The Hall–Kier alpha value is -2.12. The molecular weight excluding hydrogens is 251 g/mol. The van der Waals surface area contributed by atoms with Gasteiger partial charge in [0, 0.05) is 12.1 Å². The van der Waals surface area contributed by atoms with E-state index in [9.17, 15) is 18.0 Å². The molecule has 0 fully saturated rings. The van der Waals surface area contributed by atoms with Gasteiger partial charge in [-0.3, -0.25) is 0 Å². The molecule has 0 aliphatic heterocycles. The van der Waals surface area contributed by atoms with Gasteiger partial charge in [-0.1, -0.05) is 6.92 Å². The molecule has 0 atom stereocenters. The van der Waals surface area contributed by atoms with Crippen LogP contribution in [0, 0.1) is 0 Å². The van der Waals surface area contributed by atoms with E-state index in [0.29, 0.717) is 22.7 Å². The molecule has 0 saturated heterocycles. The number of rotatable bonds is 2. The molecule has 0 aromatic carbocycles. The molecule has 2 aromatic heterocycles. The Labute approximate surface area is 98.9 Å². The Balaban J connectivity index is 2.79.